The van der Waals surface area contributed by atoms with Crippen LogP contribution in [0.15, 0.2) is 21.1 Å². The van der Waals surface area contributed by atoms with E-state index in [1.165, 1.54) is 12.8 Å². The number of hydrogen-bond acceptors (Lipinski definition) is 5. The first-order valence-electron chi connectivity index (χ1n) is 5.44. The summed E-state index contributed by atoms with van der Waals surface area (Å²) in [6, 6.07) is 4.36. The first-order chi connectivity index (χ1) is 7.81. The molecule has 1 saturated carbocycles. The summed E-state index contributed by atoms with van der Waals surface area (Å²) in [5.41, 5.74) is 0. The molecule has 0 aliphatic heterocycles. The van der Waals surface area contributed by atoms with E-state index in [2.05, 4.69) is 15.5 Å². The van der Waals surface area contributed by atoms with E-state index in [0.717, 1.165) is 5.76 Å². The van der Waals surface area contributed by atoms with Crippen LogP contribution in [0.25, 0.3) is 11.7 Å². The molecule has 1 aliphatic carbocycles. The molecule has 3 rings (SSSR count). The number of rotatable bonds is 4. The highest BCUT2D eigenvalue weighted by atomic mass is 16.5. The number of hydrogen-bond donors (Lipinski definition) is 1. The Morgan fingerprint density at radius 2 is 2.31 bits per heavy atom. The molecule has 2 aromatic heterocycles. The number of aryl methyl sites for hydroxylation is 1. The molecule has 5 heteroatoms. The summed E-state index contributed by atoms with van der Waals surface area (Å²) < 4.78 is 10.5. The van der Waals surface area contributed by atoms with Gasteiger partial charge in [0.15, 0.2) is 11.6 Å². The van der Waals surface area contributed by atoms with Crippen molar-refractivity contribution in [3.63, 3.8) is 0 Å². The zero-order valence-electron chi connectivity index (χ0n) is 9.06. The number of aromatic nitrogens is 2. The minimum absolute atomic E-state index is 0.445. The van der Waals surface area contributed by atoms with Crippen LogP contribution in [0.4, 0.5) is 0 Å². The Labute approximate surface area is 92.8 Å². The molecule has 2 heterocycles. The molecule has 0 radical (unpaired) electrons. The van der Waals surface area contributed by atoms with Crippen LogP contribution >= 0.6 is 0 Å². The van der Waals surface area contributed by atoms with Crippen molar-refractivity contribution in [2.24, 2.45) is 0 Å². The summed E-state index contributed by atoms with van der Waals surface area (Å²) in [6.45, 7) is 2.54. The van der Waals surface area contributed by atoms with E-state index >= 15 is 0 Å². The van der Waals surface area contributed by atoms with Crippen LogP contribution in [0.5, 0.6) is 0 Å². The maximum absolute atomic E-state index is 5.40. The Hall–Kier alpha value is -1.62. The normalized spacial score (nSPS) is 15.6. The minimum Gasteiger partial charge on any atom is -0.456 e. The fraction of sp³-hybridized carbons (Fsp3) is 0.455. The smallest absolute Gasteiger partial charge is 0.293 e. The molecule has 0 atom stereocenters. The zero-order valence-corrected chi connectivity index (χ0v) is 9.06. The van der Waals surface area contributed by atoms with Crippen molar-refractivity contribution in [3.05, 3.63) is 23.7 Å². The first kappa shape index (κ1) is 9.59. The predicted molar refractivity (Wildman–Crippen MR) is 56.6 cm³/mol. The van der Waals surface area contributed by atoms with Gasteiger partial charge in [-0.25, -0.2) is 0 Å². The van der Waals surface area contributed by atoms with E-state index in [1.54, 1.807) is 0 Å². The van der Waals surface area contributed by atoms with Gasteiger partial charge >= 0.3 is 0 Å². The van der Waals surface area contributed by atoms with Gasteiger partial charge in [0.05, 0.1) is 6.54 Å². The molecule has 1 fully saturated rings. The van der Waals surface area contributed by atoms with Crippen LogP contribution in [0.1, 0.15) is 24.4 Å². The van der Waals surface area contributed by atoms with Crippen molar-refractivity contribution in [1.82, 2.24) is 15.5 Å². The zero-order chi connectivity index (χ0) is 11.0. The Kier molecular flexibility index (Phi) is 2.25. The van der Waals surface area contributed by atoms with Gasteiger partial charge in [0.1, 0.15) is 5.76 Å². The fourth-order valence-electron chi connectivity index (χ4n) is 1.50. The maximum atomic E-state index is 5.40. The third-order valence-corrected chi connectivity index (χ3v) is 2.55. The summed E-state index contributed by atoms with van der Waals surface area (Å²) in [4.78, 5) is 4.26. The Morgan fingerprint density at radius 3 is 3.00 bits per heavy atom. The number of furan rings is 1. The van der Waals surface area contributed by atoms with E-state index in [9.17, 15) is 0 Å². The van der Waals surface area contributed by atoms with Gasteiger partial charge in [-0.15, -0.1) is 0 Å². The van der Waals surface area contributed by atoms with E-state index < -0.39 is 0 Å². The third kappa shape index (κ3) is 1.99. The van der Waals surface area contributed by atoms with Gasteiger partial charge in [-0.05, 0) is 31.9 Å². The largest absolute Gasteiger partial charge is 0.456 e. The van der Waals surface area contributed by atoms with Crippen molar-refractivity contribution >= 4 is 0 Å². The molecular weight excluding hydrogens is 206 g/mol. The molecule has 0 aromatic carbocycles. The van der Waals surface area contributed by atoms with Crippen molar-refractivity contribution in [1.29, 1.82) is 0 Å². The Bertz CT molecular complexity index is 485. The molecule has 0 amide bonds. The molecule has 5 nitrogen and oxygen atoms in total. The van der Waals surface area contributed by atoms with Crippen LogP contribution < -0.4 is 5.32 Å². The average Bonchev–Trinajstić information content (AvgIpc) is 2.81. The Balaban J connectivity index is 1.71. The standard InChI is InChI=1S/C11H13N3O2/c1-7-2-5-9(15-7)11-13-10(14-16-11)6-12-8-3-4-8/h2,5,8,12H,3-4,6H2,1H3. The highest BCUT2D eigenvalue weighted by molar-refractivity contribution is 5.43. The molecule has 0 saturated heterocycles. The van der Waals surface area contributed by atoms with Crippen LogP contribution in [0.2, 0.25) is 0 Å². The second-order valence-corrected chi connectivity index (χ2v) is 4.08. The lowest BCUT2D eigenvalue weighted by Crippen LogP contribution is -2.16. The minimum atomic E-state index is 0.445. The molecule has 84 valence electrons. The van der Waals surface area contributed by atoms with Crippen molar-refractivity contribution < 1.29 is 8.94 Å². The van der Waals surface area contributed by atoms with Crippen molar-refractivity contribution in [2.75, 3.05) is 0 Å². The predicted octanol–water partition coefficient (Wildman–Crippen LogP) is 1.89. The summed E-state index contributed by atoms with van der Waals surface area (Å²) >= 11 is 0. The van der Waals surface area contributed by atoms with Crippen LogP contribution in [0.3, 0.4) is 0 Å². The van der Waals surface area contributed by atoms with E-state index in [1.807, 2.05) is 19.1 Å². The second kappa shape index (κ2) is 3.75. The lowest BCUT2D eigenvalue weighted by atomic mass is 10.4. The molecule has 0 bridgehead atoms. The molecular formula is C11H13N3O2. The van der Waals surface area contributed by atoms with Gasteiger partial charge in [-0.1, -0.05) is 5.16 Å². The quantitative estimate of drug-likeness (QED) is 0.850. The van der Waals surface area contributed by atoms with E-state index in [-0.39, 0.29) is 0 Å². The lowest BCUT2D eigenvalue weighted by molar-refractivity contribution is 0.404. The fourth-order valence-corrected chi connectivity index (χ4v) is 1.50. The van der Waals surface area contributed by atoms with Crippen LogP contribution in [-0.2, 0) is 6.54 Å². The van der Waals surface area contributed by atoms with E-state index in [4.69, 9.17) is 8.94 Å². The summed E-state index contributed by atoms with van der Waals surface area (Å²) in [6.07, 6.45) is 2.50. The molecule has 1 aliphatic rings. The number of nitrogens with one attached hydrogen (secondary N) is 1. The van der Waals surface area contributed by atoms with Gasteiger partial charge in [0.2, 0.25) is 0 Å². The number of nitrogens with zero attached hydrogens (tertiary/aromatic N) is 2. The monoisotopic (exact) mass is 219 g/mol. The summed E-state index contributed by atoms with van der Waals surface area (Å²) in [5, 5.41) is 7.22. The van der Waals surface area contributed by atoms with Gasteiger partial charge in [0, 0.05) is 6.04 Å². The van der Waals surface area contributed by atoms with Crippen molar-refractivity contribution in [3.8, 4) is 11.7 Å². The molecule has 16 heavy (non-hydrogen) atoms. The van der Waals surface area contributed by atoms with Gasteiger partial charge < -0.3 is 14.3 Å². The van der Waals surface area contributed by atoms with Gasteiger partial charge in [-0.3, -0.25) is 0 Å². The topological polar surface area (TPSA) is 64.1 Å². The lowest BCUT2D eigenvalue weighted by Gasteiger charge is -1.94. The summed E-state index contributed by atoms with van der Waals surface area (Å²) in [5.74, 6) is 2.59. The summed E-state index contributed by atoms with van der Waals surface area (Å²) in [7, 11) is 0. The van der Waals surface area contributed by atoms with Crippen LogP contribution in [0, 0.1) is 6.92 Å². The van der Waals surface area contributed by atoms with Gasteiger partial charge in [-0.2, -0.15) is 4.98 Å². The maximum Gasteiger partial charge on any atom is 0.293 e. The average molecular weight is 219 g/mol. The molecule has 2 aromatic rings. The third-order valence-electron chi connectivity index (χ3n) is 2.55. The van der Waals surface area contributed by atoms with Crippen LogP contribution in [-0.4, -0.2) is 16.2 Å². The van der Waals surface area contributed by atoms with Gasteiger partial charge in [0.25, 0.3) is 5.89 Å². The molecule has 0 spiro atoms. The molecule has 0 unspecified atom stereocenters. The molecule has 1 N–H and O–H groups in total. The Morgan fingerprint density at radius 1 is 1.44 bits per heavy atom. The SMILES string of the molecule is Cc1ccc(-c2nc(CNC3CC3)no2)o1. The second-order valence-electron chi connectivity index (χ2n) is 4.08. The highest BCUT2D eigenvalue weighted by Gasteiger charge is 2.21. The first-order valence-corrected chi connectivity index (χ1v) is 5.44. The highest BCUT2D eigenvalue weighted by Crippen LogP contribution is 2.21. The van der Waals surface area contributed by atoms with Crippen molar-refractivity contribution in [2.45, 2.75) is 32.4 Å². The van der Waals surface area contributed by atoms with E-state index in [0.29, 0.717) is 30.1 Å².